The van der Waals surface area contributed by atoms with Crippen molar-refractivity contribution in [1.82, 2.24) is 0 Å². The van der Waals surface area contributed by atoms with Crippen LogP contribution in [-0.2, 0) is 0 Å². The maximum Gasteiger partial charge on any atom is 0.159 e. The maximum atomic E-state index is 6.99. The minimum atomic E-state index is 0.244. The van der Waals surface area contributed by atoms with Crippen LogP contribution in [0.15, 0.2) is 154 Å². The fourth-order valence-corrected chi connectivity index (χ4v) is 11.5. The number of para-hydroxylation sites is 4. The van der Waals surface area contributed by atoms with Crippen molar-refractivity contribution in [2.24, 2.45) is 0 Å². The molecule has 0 radical (unpaired) electrons. The number of anilines is 6. The Morgan fingerprint density at radius 1 is 0.309 bits per heavy atom. The Bertz CT molecular complexity index is 3750. The summed E-state index contributed by atoms with van der Waals surface area (Å²) in [6.45, 7) is 22.5. The van der Waals surface area contributed by atoms with Gasteiger partial charge in [-0.05, 0) is 145 Å². The summed E-state index contributed by atoms with van der Waals surface area (Å²) in [6, 6.07) is 54.4. The number of fused-ring (bicyclic) bond motifs is 6. The molecule has 2 aromatic heterocycles. The molecule has 0 saturated heterocycles. The molecule has 0 amide bonds. The number of rotatable bonds is 8. The molecule has 0 unspecified atom stereocenters. The molecule has 0 aliphatic carbocycles. The SMILES string of the molecule is Cc1ccc(N(c2cc(C(C)C)c3ccc4c(N(c5ccc(C)cc5C)c5cccc6c5oc5c(C)cccc56)cc(C(C)C)c5ccc2c3c54)c2cccc3c2oc2c(C)cccc23)c(C)c1. The van der Waals surface area contributed by atoms with Crippen molar-refractivity contribution >= 4 is 110 Å². The van der Waals surface area contributed by atoms with Gasteiger partial charge in [0.15, 0.2) is 11.2 Å². The minimum Gasteiger partial charge on any atom is -0.454 e. The van der Waals surface area contributed by atoms with Gasteiger partial charge in [0.25, 0.3) is 0 Å². The molecular weight excluding hydrogens is 829 g/mol. The van der Waals surface area contributed by atoms with Gasteiger partial charge in [0.1, 0.15) is 11.2 Å². The molecule has 10 aromatic carbocycles. The van der Waals surface area contributed by atoms with E-state index in [1.54, 1.807) is 0 Å². The molecule has 0 bridgehead atoms. The van der Waals surface area contributed by atoms with E-state index >= 15 is 0 Å². The first-order chi connectivity index (χ1) is 32.9. The van der Waals surface area contributed by atoms with Crippen LogP contribution >= 0.6 is 0 Å². The molecule has 0 N–H and O–H groups in total. The van der Waals surface area contributed by atoms with E-state index in [1.165, 1.54) is 65.7 Å². The van der Waals surface area contributed by atoms with Crippen LogP contribution in [0.1, 0.15) is 84.0 Å². The molecular formula is C64H56N2O2. The van der Waals surface area contributed by atoms with E-state index in [2.05, 4.69) is 225 Å². The number of nitrogens with zero attached hydrogens (tertiary/aromatic N) is 2. The predicted octanol–water partition coefficient (Wildman–Crippen LogP) is 19.4. The Balaban J connectivity index is 1.22. The van der Waals surface area contributed by atoms with Gasteiger partial charge in [0.05, 0.1) is 22.7 Å². The summed E-state index contributed by atoms with van der Waals surface area (Å²) >= 11 is 0. The van der Waals surface area contributed by atoms with Crippen LogP contribution in [0.3, 0.4) is 0 Å². The zero-order valence-corrected chi connectivity index (χ0v) is 40.7. The lowest BCUT2D eigenvalue weighted by molar-refractivity contribution is 0.665. The van der Waals surface area contributed by atoms with Crippen LogP contribution in [0.2, 0.25) is 0 Å². The van der Waals surface area contributed by atoms with Crippen molar-refractivity contribution < 1.29 is 8.83 Å². The molecule has 68 heavy (non-hydrogen) atoms. The fraction of sp³-hybridized carbons (Fsp3) is 0.188. The van der Waals surface area contributed by atoms with E-state index in [-0.39, 0.29) is 11.8 Å². The molecule has 0 fully saturated rings. The van der Waals surface area contributed by atoms with Gasteiger partial charge in [-0.2, -0.15) is 0 Å². The lowest BCUT2D eigenvalue weighted by Gasteiger charge is -2.32. The molecule has 0 saturated carbocycles. The van der Waals surface area contributed by atoms with Crippen LogP contribution in [0.4, 0.5) is 34.1 Å². The Morgan fingerprint density at radius 2 is 0.676 bits per heavy atom. The molecule has 0 aliphatic heterocycles. The van der Waals surface area contributed by atoms with E-state index in [9.17, 15) is 0 Å². The van der Waals surface area contributed by atoms with Crippen LogP contribution in [0.25, 0.3) is 76.2 Å². The Kier molecular flexibility index (Phi) is 9.54. The molecule has 0 spiro atoms. The predicted molar refractivity (Wildman–Crippen MR) is 291 cm³/mol. The van der Waals surface area contributed by atoms with Crippen molar-refractivity contribution in [2.75, 3.05) is 9.80 Å². The summed E-state index contributed by atoms with van der Waals surface area (Å²) in [5.74, 6) is 0.489. The quantitative estimate of drug-likeness (QED) is 0.142. The second kappa shape index (κ2) is 15.5. The third kappa shape index (κ3) is 6.19. The number of aryl methyl sites for hydroxylation is 6. The molecule has 4 nitrogen and oxygen atoms in total. The number of furan rings is 2. The Labute approximate surface area is 398 Å². The highest BCUT2D eigenvalue weighted by molar-refractivity contribution is 6.30. The van der Waals surface area contributed by atoms with Crippen LogP contribution in [0.5, 0.6) is 0 Å². The first-order valence-corrected chi connectivity index (χ1v) is 24.2. The lowest BCUT2D eigenvalue weighted by Crippen LogP contribution is -2.14. The minimum absolute atomic E-state index is 0.244. The molecule has 12 rings (SSSR count). The summed E-state index contributed by atoms with van der Waals surface area (Å²) in [5.41, 5.74) is 20.0. The molecule has 2 heterocycles. The van der Waals surface area contributed by atoms with Crippen LogP contribution < -0.4 is 9.80 Å². The van der Waals surface area contributed by atoms with Crippen LogP contribution in [0, 0.1) is 41.5 Å². The first-order valence-electron chi connectivity index (χ1n) is 24.2. The van der Waals surface area contributed by atoms with Gasteiger partial charge in [-0.3, -0.25) is 0 Å². The average molecular weight is 885 g/mol. The van der Waals surface area contributed by atoms with Gasteiger partial charge in [-0.15, -0.1) is 0 Å². The second-order valence-electron chi connectivity index (χ2n) is 20.0. The van der Waals surface area contributed by atoms with E-state index in [1.807, 2.05) is 0 Å². The van der Waals surface area contributed by atoms with Gasteiger partial charge in [0.2, 0.25) is 0 Å². The largest absolute Gasteiger partial charge is 0.454 e. The van der Waals surface area contributed by atoms with Crippen molar-refractivity contribution in [3.05, 3.63) is 190 Å². The molecule has 0 aliphatic rings. The normalized spacial score (nSPS) is 12.2. The van der Waals surface area contributed by atoms with E-state index < -0.39 is 0 Å². The third-order valence-corrected chi connectivity index (χ3v) is 14.7. The van der Waals surface area contributed by atoms with Crippen molar-refractivity contribution in [1.29, 1.82) is 0 Å². The summed E-state index contributed by atoms with van der Waals surface area (Å²) < 4.78 is 14.0. The second-order valence-corrected chi connectivity index (χ2v) is 20.0. The lowest BCUT2D eigenvalue weighted by atomic mass is 9.84. The van der Waals surface area contributed by atoms with Crippen molar-refractivity contribution in [3.8, 4) is 0 Å². The number of benzene rings is 10. The van der Waals surface area contributed by atoms with E-state index in [0.717, 1.165) is 89.1 Å². The number of hydrogen-bond donors (Lipinski definition) is 0. The average Bonchev–Trinajstić information content (AvgIpc) is 3.91. The highest BCUT2D eigenvalue weighted by Crippen LogP contribution is 2.53. The zero-order valence-electron chi connectivity index (χ0n) is 40.7. The van der Waals surface area contributed by atoms with Gasteiger partial charge in [-0.25, -0.2) is 0 Å². The standard InChI is InChI=1S/C64H56N2O2/c1-35(2)51-33-57(65(53-29-23-37(5)31-41(53)9)55-21-13-19-47-45-17-11-15-39(7)61(45)67-63(47)55)49-28-26-44-52(36(3)4)34-58(50-27-25-43(51)59(49)60(44)50)66(54-30-24-38(6)32-42(54)10)56-22-14-20-48-46-18-12-16-40(8)62(46)68-64(48)56/h11-36H,1-10H3. The maximum absolute atomic E-state index is 6.99. The smallest absolute Gasteiger partial charge is 0.159 e. The Hall–Kier alpha value is -7.56. The molecule has 0 atom stereocenters. The summed E-state index contributed by atoms with van der Waals surface area (Å²) in [5, 5.41) is 12.0. The highest BCUT2D eigenvalue weighted by atomic mass is 16.3. The highest BCUT2D eigenvalue weighted by Gasteiger charge is 2.29. The zero-order chi connectivity index (χ0) is 46.9. The summed E-state index contributed by atoms with van der Waals surface area (Å²) in [7, 11) is 0. The molecule has 4 heteroatoms. The summed E-state index contributed by atoms with van der Waals surface area (Å²) in [4.78, 5) is 4.98. The first kappa shape index (κ1) is 41.8. The van der Waals surface area contributed by atoms with Gasteiger partial charge in [0, 0.05) is 43.7 Å². The van der Waals surface area contributed by atoms with Gasteiger partial charge in [-0.1, -0.05) is 148 Å². The van der Waals surface area contributed by atoms with Gasteiger partial charge >= 0.3 is 0 Å². The topological polar surface area (TPSA) is 32.8 Å². The third-order valence-electron chi connectivity index (χ3n) is 14.7. The fourth-order valence-electron chi connectivity index (χ4n) is 11.5. The molecule has 12 aromatic rings. The van der Waals surface area contributed by atoms with Crippen molar-refractivity contribution in [3.63, 3.8) is 0 Å². The van der Waals surface area contributed by atoms with Gasteiger partial charge < -0.3 is 18.6 Å². The molecule has 334 valence electrons. The van der Waals surface area contributed by atoms with E-state index in [0.29, 0.717) is 0 Å². The summed E-state index contributed by atoms with van der Waals surface area (Å²) in [6.07, 6.45) is 0. The Morgan fingerprint density at radius 3 is 1.06 bits per heavy atom. The number of hydrogen-bond acceptors (Lipinski definition) is 4. The van der Waals surface area contributed by atoms with E-state index in [4.69, 9.17) is 8.83 Å². The van der Waals surface area contributed by atoms with Crippen LogP contribution in [-0.4, -0.2) is 0 Å². The van der Waals surface area contributed by atoms with Crippen molar-refractivity contribution in [2.45, 2.75) is 81.1 Å². The monoisotopic (exact) mass is 884 g/mol.